The van der Waals surface area contributed by atoms with Gasteiger partial charge in [-0.15, -0.1) is 0 Å². The lowest BCUT2D eigenvalue weighted by molar-refractivity contribution is 0.521. The first kappa shape index (κ1) is 26.0. The van der Waals surface area contributed by atoms with Crippen molar-refractivity contribution < 1.29 is 0 Å². The lowest BCUT2D eigenvalue weighted by Gasteiger charge is -2.13. The van der Waals surface area contributed by atoms with Gasteiger partial charge in [0.05, 0.1) is 0 Å². The summed E-state index contributed by atoms with van der Waals surface area (Å²) in [7, 11) is 0. The Morgan fingerprint density at radius 1 is 0.548 bits per heavy atom. The molecule has 0 heterocycles. The van der Waals surface area contributed by atoms with E-state index in [9.17, 15) is 0 Å². The van der Waals surface area contributed by atoms with Crippen molar-refractivity contribution in [3.8, 4) is 0 Å². The molecule has 31 heavy (non-hydrogen) atoms. The van der Waals surface area contributed by atoms with E-state index in [0.29, 0.717) is 5.92 Å². The molecule has 2 aromatic rings. The summed E-state index contributed by atoms with van der Waals surface area (Å²) in [6, 6.07) is 13.8. The molecule has 0 aliphatic rings. The van der Waals surface area contributed by atoms with Crippen LogP contribution in [0.25, 0.3) is 10.8 Å². The zero-order valence-electron chi connectivity index (χ0n) is 21.1. The Bertz CT molecular complexity index is 698. The Hall–Kier alpha value is -1.30. The van der Waals surface area contributed by atoms with Crippen molar-refractivity contribution in [3.05, 3.63) is 47.5 Å². The third-order valence-corrected chi connectivity index (χ3v) is 7.08. The molecule has 0 heteroatoms. The molecule has 0 radical (unpaired) electrons. The molecule has 0 aliphatic carbocycles. The summed E-state index contributed by atoms with van der Waals surface area (Å²) in [5, 5.41) is 2.76. The Labute approximate surface area is 194 Å². The maximum atomic E-state index is 2.42. The fourth-order valence-electron chi connectivity index (χ4n) is 4.86. The summed E-state index contributed by atoms with van der Waals surface area (Å²) < 4.78 is 0. The average Bonchev–Trinajstić information content (AvgIpc) is 2.78. The second kappa shape index (κ2) is 16.3. The molecule has 0 bridgehead atoms. The van der Waals surface area contributed by atoms with Crippen LogP contribution in [0.15, 0.2) is 36.4 Å². The lowest BCUT2D eigenvalue weighted by Crippen LogP contribution is -1.94. The van der Waals surface area contributed by atoms with Gasteiger partial charge >= 0.3 is 0 Å². The largest absolute Gasteiger partial charge is 0.0654 e. The van der Waals surface area contributed by atoms with Gasteiger partial charge in [-0.3, -0.25) is 0 Å². The molecular formula is C31H50. The number of hydrogen-bond donors (Lipinski definition) is 0. The predicted octanol–water partition coefficient (Wildman–Crippen LogP) is 10.9. The quantitative estimate of drug-likeness (QED) is 0.209. The fourth-order valence-corrected chi connectivity index (χ4v) is 4.86. The highest BCUT2D eigenvalue weighted by molar-refractivity contribution is 5.83. The number of aryl methyl sites for hydroxylation is 1. The molecule has 0 aromatic heterocycles. The molecule has 2 rings (SSSR count). The van der Waals surface area contributed by atoms with Gasteiger partial charge in [0.15, 0.2) is 0 Å². The van der Waals surface area contributed by atoms with Crippen LogP contribution in [-0.2, 0) is 0 Å². The summed E-state index contributed by atoms with van der Waals surface area (Å²) in [5.41, 5.74) is 2.87. The molecule has 0 nitrogen and oxygen atoms in total. The van der Waals surface area contributed by atoms with Gasteiger partial charge in [-0.1, -0.05) is 159 Å². The lowest BCUT2D eigenvalue weighted by atomic mass is 9.92. The van der Waals surface area contributed by atoms with Crippen LogP contribution in [-0.4, -0.2) is 0 Å². The predicted molar refractivity (Wildman–Crippen MR) is 141 cm³/mol. The van der Waals surface area contributed by atoms with Crippen molar-refractivity contribution in [3.63, 3.8) is 0 Å². The maximum Gasteiger partial charge on any atom is -0.0179 e. The van der Waals surface area contributed by atoms with Crippen LogP contribution in [0.2, 0.25) is 0 Å². The minimum Gasteiger partial charge on any atom is -0.0654 e. The summed E-state index contributed by atoms with van der Waals surface area (Å²) in [6.45, 7) is 6.89. The van der Waals surface area contributed by atoms with Crippen LogP contribution in [0.1, 0.15) is 140 Å². The Balaban J connectivity index is 1.42. The summed E-state index contributed by atoms with van der Waals surface area (Å²) in [4.78, 5) is 0. The summed E-state index contributed by atoms with van der Waals surface area (Å²) in [6.07, 6.45) is 24.5. The van der Waals surface area contributed by atoms with Crippen LogP contribution in [0.4, 0.5) is 0 Å². The van der Waals surface area contributed by atoms with Gasteiger partial charge in [0.2, 0.25) is 0 Å². The van der Waals surface area contributed by atoms with Gasteiger partial charge in [0.1, 0.15) is 0 Å². The first-order chi connectivity index (χ1) is 15.2. The fraction of sp³-hybridized carbons (Fsp3) is 0.677. The van der Waals surface area contributed by atoms with Crippen LogP contribution < -0.4 is 0 Å². The minimum absolute atomic E-state index is 0.677. The van der Waals surface area contributed by atoms with Crippen molar-refractivity contribution in [1.82, 2.24) is 0 Å². The number of fused-ring (bicyclic) bond motifs is 1. The van der Waals surface area contributed by atoms with Crippen molar-refractivity contribution in [2.75, 3.05) is 0 Å². The molecule has 0 saturated heterocycles. The first-order valence-electron chi connectivity index (χ1n) is 13.7. The zero-order chi connectivity index (χ0) is 22.2. The van der Waals surface area contributed by atoms with E-state index in [1.807, 2.05) is 0 Å². The average molecular weight is 423 g/mol. The number of hydrogen-bond acceptors (Lipinski definition) is 0. The van der Waals surface area contributed by atoms with Gasteiger partial charge in [0.25, 0.3) is 0 Å². The smallest absolute Gasteiger partial charge is 0.0179 e. The highest BCUT2D eigenvalue weighted by atomic mass is 14.1. The van der Waals surface area contributed by atoms with E-state index in [1.165, 1.54) is 131 Å². The van der Waals surface area contributed by atoms with E-state index in [0.717, 1.165) is 0 Å². The Kier molecular flexibility index (Phi) is 13.7. The van der Waals surface area contributed by atoms with Gasteiger partial charge in [0, 0.05) is 0 Å². The van der Waals surface area contributed by atoms with Crippen molar-refractivity contribution >= 4 is 10.8 Å². The SMILES string of the molecule is CCCCCCCCCCCCCCCCCCC(C)c1ccc2ccc(C)cc2c1. The molecule has 0 amide bonds. The van der Waals surface area contributed by atoms with Crippen molar-refractivity contribution in [1.29, 1.82) is 0 Å². The molecular weight excluding hydrogens is 372 g/mol. The van der Waals surface area contributed by atoms with Crippen LogP contribution in [0.5, 0.6) is 0 Å². The maximum absolute atomic E-state index is 2.42. The van der Waals surface area contributed by atoms with Crippen LogP contribution >= 0.6 is 0 Å². The standard InChI is InChI=1S/C31H50/c1-4-5-6-7-8-9-10-11-12-13-14-15-16-17-18-19-20-28(3)30-24-23-29-22-21-27(2)25-31(29)26-30/h21-26,28H,4-20H2,1-3H3. The van der Waals surface area contributed by atoms with Crippen LogP contribution in [0, 0.1) is 6.92 Å². The third-order valence-electron chi connectivity index (χ3n) is 7.08. The van der Waals surface area contributed by atoms with Crippen LogP contribution in [0.3, 0.4) is 0 Å². The van der Waals surface area contributed by atoms with E-state index in [1.54, 1.807) is 0 Å². The molecule has 0 spiro atoms. The summed E-state index contributed by atoms with van der Waals surface area (Å²) >= 11 is 0. The van der Waals surface area contributed by atoms with Crippen molar-refractivity contribution in [2.45, 2.75) is 136 Å². The van der Waals surface area contributed by atoms with Gasteiger partial charge < -0.3 is 0 Å². The molecule has 1 unspecified atom stereocenters. The number of benzene rings is 2. The van der Waals surface area contributed by atoms with Gasteiger partial charge in [-0.25, -0.2) is 0 Å². The Morgan fingerprint density at radius 3 is 1.58 bits per heavy atom. The molecule has 2 aromatic carbocycles. The molecule has 0 fully saturated rings. The van der Waals surface area contributed by atoms with E-state index in [-0.39, 0.29) is 0 Å². The van der Waals surface area contributed by atoms with Gasteiger partial charge in [-0.2, -0.15) is 0 Å². The molecule has 0 N–H and O–H groups in total. The van der Waals surface area contributed by atoms with E-state index in [4.69, 9.17) is 0 Å². The van der Waals surface area contributed by atoms with E-state index in [2.05, 4.69) is 57.2 Å². The number of rotatable bonds is 18. The third kappa shape index (κ3) is 11.2. The van der Waals surface area contributed by atoms with Crippen molar-refractivity contribution in [2.24, 2.45) is 0 Å². The monoisotopic (exact) mass is 422 g/mol. The number of unbranched alkanes of at least 4 members (excludes halogenated alkanes) is 15. The molecule has 0 aliphatic heterocycles. The molecule has 0 saturated carbocycles. The first-order valence-corrected chi connectivity index (χ1v) is 13.7. The normalized spacial score (nSPS) is 12.5. The Morgan fingerprint density at radius 2 is 1.03 bits per heavy atom. The minimum atomic E-state index is 0.677. The zero-order valence-corrected chi connectivity index (χ0v) is 21.1. The summed E-state index contributed by atoms with van der Waals surface area (Å²) in [5.74, 6) is 0.677. The highest BCUT2D eigenvalue weighted by Gasteiger charge is 2.06. The second-order valence-electron chi connectivity index (χ2n) is 10.1. The second-order valence-corrected chi connectivity index (χ2v) is 10.1. The van der Waals surface area contributed by atoms with E-state index >= 15 is 0 Å². The molecule has 1 atom stereocenters. The molecule has 174 valence electrons. The highest BCUT2D eigenvalue weighted by Crippen LogP contribution is 2.26. The topological polar surface area (TPSA) is 0 Å². The van der Waals surface area contributed by atoms with E-state index < -0.39 is 0 Å². The van der Waals surface area contributed by atoms with Gasteiger partial charge in [-0.05, 0) is 35.6 Å².